The fourth-order valence-corrected chi connectivity index (χ4v) is 6.93. The number of nitrogens with one attached hydrogen (secondary N) is 9. The van der Waals surface area contributed by atoms with Gasteiger partial charge >= 0.3 is 0 Å². The maximum Gasteiger partial charge on any atom is 0.0175 e. The first-order valence-electron chi connectivity index (χ1n) is 33.4. The third-order valence-electron chi connectivity index (χ3n) is 13.3. The van der Waals surface area contributed by atoms with Crippen LogP contribution in [0.1, 0.15) is 361 Å². The summed E-state index contributed by atoms with van der Waals surface area (Å²) in [5.41, 5.74) is 2.18. The first-order valence-corrected chi connectivity index (χ1v) is 33.4. The maximum atomic E-state index is 3.56. The van der Waals surface area contributed by atoms with E-state index in [0.29, 0.717) is 106 Å². The first kappa shape index (κ1) is 111. The Kier molecular flexibility index (Phi) is 75.0. The minimum Gasteiger partial charge on any atom is -0.314 e. The van der Waals surface area contributed by atoms with Gasteiger partial charge in [-0.05, 0) is 124 Å². The average molecular weight is 1210 g/mol. The summed E-state index contributed by atoms with van der Waals surface area (Å²) in [7, 11) is 0. The van der Waals surface area contributed by atoms with Crippen LogP contribution in [0.15, 0.2) is 0 Å². The second kappa shape index (κ2) is 56.6. The van der Waals surface area contributed by atoms with Gasteiger partial charge in [-0.2, -0.15) is 0 Å². The highest BCUT2D eigenvalue weighted by Gasteiger charge is 2.32. The molecule has 0 aliphatic carbocycles. The Morgan fingerprint density at radius 1 is 0.333 bits per heavy atom. The van der Waals surface area contributed by atoms with Crippen LogP contribution in [0.4, 0.5) is 0 Å². The van der Waals surface area contributed by atoms with E-state index in [0.717, 1.165) is 12.5 Å². The molecule has 0 rings (SSSR count). The van der Waals surface area contributed by atoms with E-state index in [9.17, 15) is 0 Å². The zero-order chi connectivity index (χ0) is 67.6. The molecule has 0 aromatic heterocycles. The molecular formula is C75H183N9. The largest absolute Gasteiger partial charge is 0.314 e. The van der Waals surface area contributed by atoms with Gasteiger partial charge in [0, 0.05) is 107 Å². The van der Waals surface area contributed by atoms with Crippen LogP contribution in [-0.2, 0) is 0 Å². The molecule has 3 atom stereocenters. The quantitative estimate of drug-likeness (QED) is 0.0555. The Labute approximate surface area is 541 Å². The molecule has 0 saturated heterocycles. The standard InChI is InChI=1S/C10H23N.2C9H21N.3C8H19N.2C7H17N.C6H15N.3CH4/c1-8(2)11-10(6,7)9(3,4)5;1-7(2)10-8(3)9(4,5)6;1-7(2)9(5,6)10-8(3)4;1-7(2)9-6-8(3,4)5;1-6-8(4,5)9-7(2)3;1-6(2)8(5)9-7(3)4;1-6(2)8-7(3,4)5;1-5-7(4)8-6(2)3;1-5(2)7-6(3)4;;;/h8,11H,1-7H3;2*7-8,10H,1-6H3;2*7,9H,6H2,1-5H3;6-9H,1-5H3;6,8H,1-5H3;6-8H,5H2,1-4H3;5-7H,1-4H3;3*1H4. The second-order valence-corrected chi connectivity index (χ2v) is 33.4. The van der Waals surface area contributed by atoms with Crippen molar-refractivity contribution in [3.63, 3.8) is 0 Å². The zero-order valence-corrected chi connectivity index (χ0v) is 65.8. The van der Waals surface area contributed by atoms with Crippen molar-refractivity contribution in [2.45, 2.75) is 461 Å². The summed E-state index contributed by atoms with van der Waals surface area (Å²) >= 11 is 0. The van der Waals surface area contributed by atoms with Gasteiger partial charge in [0.05, 0.1) is 0 Å². The van der Waals surface area contributed by atoms with E-state index < -0.39 is 0 Å². The minimum atomic E-state index is 0. The van der Waals surface area contributed by atoms with Crippen molar-refractivity contribution < 1.29 is 0 Å². The van der Waals surface area contributed by atoms with E-state index in [4.69, 9.17) is 0 Å². The van der Waals surface area contributed by atoms with Crippen molar-refractivity contribution in [3.05, 3.63) is 0 Å². The van der Waals surface area contributed by atoms with Crippen LogP contribution in [0, 0.1) is 28.1 Å². The number of rotatable bonds is 21. The summed E-state index contributed by atoms with van der Waals surface area (Å²) in [6.45, 7) is 105. The van der Waals surface area contributed by atoms with Crippen LogP contribution in [0.5, 0.6) is 0 Å². The Morgan fingerprint density at radius 2 is 0.655 bits per heavy atom. The highest BCUT2D eigenvalue weighted by atomic mass is 15.0. The van der Waals surface area contributed by atoms with Gasteiger partial charge in [-0.1, -0.05) is 265 Å². The zero-order valence-electron chi connectivity index (χ0n) is 65.8. The van der Waals surface area contributed by atoms with Crippen molar-refractivity contribution in [1.29, 1.82) is 0 Å². The molecule has 0 bridgehead atoms. The van der Waals surface area contributed by atoms with Crippen LogP contribution in [0.3, 0.4) is 0 Å². The van der Waals surface area contributed by atoms with Crippen molar-refractivity contribution in [3.8, 4) is 0 Å². The van der Waals surface area contributed by atoms with E-state index in [1.54, 1.807) is 0 Å². The Balaban J connectivity index is -0.0000000693. The van der Waals surface area contributed by atoms with Crippen LogP contribution in [0.25, 0.3) is 0 Å². The molecular weight excluding hydrogens is 1030 g/mol. The van der Waals surface area contributed by atoms with Crippen LogP contribution >= 0.6 is 0 Å². The third kappa shape index (κ3) is 103. The summed E-state index contributed by atoms with van der Waals surface area (Å²) in [6.07, 6.45) is 2.41. The molecule has 0 amide bonds. The van der Waals surface area contributed by atoms with Gasteiger partial charge < -0.3 is 47.9 Å². The van der Waals surface area contributed by atoms with Gasteiger partial charge in [0.15, 0.2) is 0 Å². The molecule has 528 valence electrons. The summed E-state index contributed by atoms with van der Waals surface area (Å²) in [4.78, 5) is 0. The fraction of sp³-hybridized carbons (Fsp3) is 1.00. The smallest absolute Gasteiger partial charge is 0.0175 e. The van der Waals surface area contributed by atoms with E-state index >= 15 is 0 Å². The minimum absolute atomic E-state index is 0. The first-order chi connectivity index (χ1) is 35.5. The monoisotopic (exact) mass is 1210 g/mol. The van der Waals surface area contributed by atoms with Crippen molar-refractivity contribution in [2.24, 2.45) is 28.1 Å². The topological polar surface area (TPSA) is 108 Å². The molecule has 0 radical (unpaired) electrons. The van der Waals surface area contributed by atoms with E-state index in [1.165, 1.54) is 12.8 Å². The molecule has 0 aromatic carbocycles. The summed E-state index contributed by atoms with van der Waals surface area (Å²) in [5, 5.41) is 30.9. The molecule has 0 fully saturated rings. The normalized spacial score (nSPS) is 13.2. The lowest BCUT2D eigenvalue weighted by Crippen LogP contribution is -2.52. The van der Waals surface area contributed by atoms with E-state index in [-0.39, 0.29) is 38.9 Å². The van der Waals surface area contributed by atoms with Gasteiger partial charge in [0.1, 0.15) is 0 Å². The predicted molar refractivity (Wildman–Crippen MR) is 404 cm³/mol. The van der Waals surface area contributed by atoms with E-state index in [1.807, 2.05) is 0 Å². The third-order valence-corrected chi connectivity index (χ3v) is 13.3. The molecule has 0 saturated carbocycles. The van der Waals surface area contributed by atoms with Crippen LogP contribution < -0.4 is 47.9 Å². The summed E-state index contributed by atoms with van der Waals surface area (Å²) in [6, 6.07) is 7.94. The molecule has 9 N–H and O–H groups in total. The van der Waals surface area contributed by atoms with Gasteiger partial charge in [-0.15, -0.1) is 0 Å². The van der Waals surface area contributed by atoms with Crippen LogP contribution in [-0.4, -0.2) is 107 Å². The SMILES string of the molecule is C.C.C.CC(C)NC(C)(C)C.CC(C)NC(C)(C)C(C)(C)C.CC(C)NC(C)(C)C(C)C.CC(C)NC(C)C.CC(C)NC(C)C(C)(C)C.CC(C)NC(C)C(C)C.CC(C)NCC(C)(C)C.CCC(C)(C)NC(C)C.CCC(C)NC(C)C. The average Bonchev–Trinajstić information content (AvgIpc) is 3.17. The predicted octanol–water partition coefficient (Wildman–Crippen LogP) is 20.7. The van der Waals surface area contributed by atoms with Crippen LogP contribution in [0.2, 0.25) is 0 Å². The summed E-state index contributed by atoms with van der Waals surface area (Å²) in [5.74, 6) is 1.43. The number of hydrogen-bond donors (Lipinski definition) is 9. The molecule has 9 nitrogen and oxygen atoms in total. The van der Waals surface area contributed by atoms with E-state index in [2.05, 4.69) is 373 Å². The Hall–Kier alpha value is -0.360. The second-order valence-electron chi connectivity index (χ2n) is 33.4. The van der Waals surface area contributed by atoms with Crippen molar-refractivity contribution in [2.75, 3.05) is 6.54 Å². The van der Waals surface area contributed by atoms with Gasteiger partial charge in [-0.25, -0.2) is 0 Å². The Bertz CT molecular complexity index is 1270. The fourth-order valence-electron chi connectivity index (χ4n) is 6.93. The lowest BCUT2D eigenvalue weighted by Gasteiger charge is -2.41. The van der Waals surface area contributed by atoms with Crippen molar-refractivity contribution in [1.82, 2.24) is 47.9 Å². The van der Waals surface area contributed by atoms with Gasteiger partial charge in [0.25, 0.3) is 0 Å². The highest BCUT2D eigenvalue weighted by Crippen LogP contribution is 2.29. The molecule has 0 spiro atoms. The lowest BCUT2D eigenvalue weighted by molar-refractivity contribution is 0.164. The molecule has 0 heterocycles. The molecule has 0 aromatic rings. The van der Waals surface area contributed by atoms with Gasteiger partial charge in [-0.3, -0.25) is 0 Å². The maximum absolute atomic E-state index is 3.56. The number of hydrogen-bond acceptors (Lipinski definition) is 9. The molecule has 3 unspecified atom stereocenters. The molecule has 84 heavy (non-hydrogen) atoms. The van der Waals surface area contributed by atoms with Gasteiger partial charge in [0.2, 0.25) is 0 Å². The lowest BCUT2D eigenvalue weighted by atomic mass is 9.76. The molecule has 0 aliphatic rings. The Morgan fingerprint density at radius 3 is 0.738 bits per heavy atom. The molecule has 0 aliphatic heterocycles. The summed E-state index contributed by atoms with van der Waals surface area (Å²) < 4.78 is 0. The molecule has 9 heteroatoms. The van der Waals surface area contributed by atoms with Crippen molar-refractivity contribution >= 4 is 0 Å². The highest BCUT2D eigenvalue weighted by molar-refractivity contribution is 4.91.